The number of hydrogen-bond acceptors (Lipinski definition) is 4. The fourth-order valence-corrected chi connectivity index (χ4v) is 8.47. The normalized spacial score (nSPS) is 13.2. The summed E-state index contributed by atoms with van der Waals surface area (Å²) < 4.78 is 0. The van der Waals surface area contributed by atoms with Crippen molar-refractivity contribution in [3.63, 3.8) is 0 Å². The molecule has 0 saturated heterocycles. The molecule has 0 aliphatic heterocycles. The van der Waals surface area contributed by atoms with Crippen LogP contribution in [0.5, 0.6) is 23.0 Å². The Kier molecular flexibility index (Phi) is 12.1. The Bertz CT molecular complexity index is 1830. The van der Waals surface area contributed by atoms with Gasteiger partial charge in [-0.05, 0) is 107 Å². The molecular weight excluding hydrogens is 677 g/mol. The molecule has 0 bridgehead atoms. The van der Waals surface area contributed by atoms with Crippen molar-refractivity contribution < 1.29 is 20.4 Å². The third-order valence-electron chi connectivity index (χ3n) is 11.8. The van der Waals surface area contributed by atoms with Crippen molar-refractivity contribution in [2.75, 3.05) is 0 Å². The quantitative estimate of drug-likeness (QED) is 0.129. The lowest BCUT2D eigenvalue weighted by molar-refractivity contribution is 0.412. The summed E-state index contributed by atoms with van der Waals surface area (Å²) in [5, 5.41) is 46.5. The minimum absolute atomic E-state index is 0.189. The monoisotopic (exact) mass is 749 g/mol. The van der Waals surface area contributed by atoms with E-state index in [1.54, 1.807) is 0 Å². The van der Waals surface area contributed by atoms with Gasteiger partial charge in [0.25, 0.3) is 0 Å². The first-order chi connectivity index (χ1) is 25.0. The van der Waals surface area contributed by atoms with Crippen LogP contribution in [0.2, 0.25) is 0 Å². The number of aryl methyl sites for hydroxylation is 4. The van der Waals surface area contributed by atoms with Gasteiger partial charge in [0.15, 0.2) is 0 Å². The topological polar surface area (TPSA) is 80.9 Å². The van der Waals surface area contributed by atoms with E-state index < -0.39 is 5.41 Å². The van der Waals surface area contributed by atoms with Crippen molar-refractivity contribution in [1.82, 2.24) is 0 Å². The molecule has 4 heteroatoms. The van der Waals surface area contributed by atoms with Crippen molar-refractivity contribution >= 4 is 0 Å². The van der Waals surface area contributed by atoms with Gasteiger partial charge in [0.2, 0.25) is 0 Å². The van der Waals surface area contributed by atoms with Crippen LogP contribution in [0.25, 0.3) is 0 Å². The maximum absolute atomic E-state index is 11.8. The van der Waals surface area contributed by atoms with Gasteiger partial charge in [-0.3, -0.25) is 0 Å². The summed E-state index contributed by atoms with van der Waals surface area (Å²) in [5.74, 6) is 1.13. The molecule has 0 heterocycles. The zero-order valence-corrected chi connectivity index (χ0v) is 37.3. The van der Waals surface area contributed by atoms with Crippen LogP contribution < -0.4 is 0 Å². The van der Waals surface area contributed by atoms with Crippen LogP contribution in [0, 0.1) is 27.7 Å². The first-order valence-electron chi connectivity index (χ1n) is 20.4. The van der Waals surface area contributed by atoms with Crippen LogP contribution in [0.3, 0.4) is 0 Å². The third kappa shape index (κ3) is 9.22. The van der Waals surface area contributed by atoms with E-state index in [1.807, 2.05) is 26.0 Å². The lowest BCUT2D eigenvalue weighted by Gasteiger charge is -2.38. The van der Waals surface area contributed by atoms with Gasteiger partial charge in [-0.2, -0.15) is 0 Å². The fraction of sp³-hybridized carbons (Fsp3) is 0.529. The summed E-state index contributed by atoms with van der Waals surface area (Å²) in [6.45, 7) is 36.3. The van der Waals surface area contributed by atoms with E-state index in [0.29, 0.717) is 23.0 Å². The van der Waals surface area contributed by atoms with Gasteiger partial charge in [0, 0.05) is 22.5 Å². The highest BCUT2D eigenvalue weighted by atomic mass is 16.3. The molecule has 0 aliphatic carbocycles. The second-order valence-electron chi connectivity index (χ2n) is 21.0. The number of phenolic OH excluding ortho intramolecular Hbond substituents is 4. The fourth-order valence-electron chi connectivity index (χ4n) is 8.47. The molecule has 55 heavy (non-hydrogen) atoms. The molecule has 4 N–H and O–H groups in total. The predicted molar refractivity (Wildman–Crippen MR) is 233 cm³/mol. The van der Waals surface area contributed by atoms with Gasteiger partial charge in [-0.15, -0.1) is 0 Å². The van der Waals surface area contributed by atoms with Crippen molar-refractivity contribution in [3.05, 3.63) is 115 Å². The van der Waals surface area contributed by atoms with Gasteiger partial charge < -0.3 is 20.4 Å². The molecule has 0 fully saturated rings. The summed E-state index contributed by atoms with van der Waals surface area (Å²) >= 11 is 0. The average molecular weight is 749 g/mol. The largest absolute Gasteiger partial charge is 0.507 e. The van der Waals surface area contributed by atoms with Crippen LogP contribution in [0.4, 0.5) is 0 Å². The summed E-state index contributed by atoms with van der Waals surface area (Å²) in [6, 6.07) is 17.1. The number of unbranched alkanes of at least 4 members (excludes halogenated alkanes) is 1. The van der Waals surface area contributed by atoms with E-state index in [0.717, 1.165) is 92.4 Å². The Hall–Kier alpha value is -3.92. The summed E-state index contributed by atoms with van der Waals surface area (Å²) in [4.78, 5) is 0. The van der Waals surface area contributed by atoms with Crippen LogP contribution in [0.1, 0.15) is 188 Å². The highest BCUT2D eigenvalue weighted by Crippen LogP contribution is 2.49. The van der Waals surface area contributed by atoms with Crippen molar-refractivity contribution in [2.45, 2.75) is 176 Å². The van der Waals surface area contributed by atoms with Crippen LogP contribution in [-0.2, 0) is 27.1 Å². The Morgan fingerprint density at radius 2 is 0.727 bits per heavy atom. The SMILES string of the molecule is Cc1cc(C)c(O)c(C(CCCCC(C)(c2cc(C(C)(C)C)c(O)c(C(C)(C)C)c2)c2cc(C(C)(C)C)c(O)c(C(C)(C)C)c2)c2cc(C)cc(C)c2O)c1. The van der Waals surface area contributed by atoms with Crippen LogP contribution in [-0.4, -0.2) is 20.4 Å². The lowest BCUT2D eigenvalue weighted by Crippen LogP contribution is -2.28. The summed E-state index contributed by atoms with van der Waals surface area (Å²) in [5.41, 5.74) is 9.93. The molecule has 4 aromatic carbocycles. The molecule has 4 aromatic rings. The van der Waals surface area contributed by atoms with E-state index in [-0.39, 0.29) is 27.6 Å². The Morgan fingerprint density at radius 1 is 0.418 bits per heavy atom. The minimum atomic E-state index is -0.485. The molecule has 0 amide bonds. The molecule has 0 unspecified atom stereocenters. The number of rotatable bonds is 9. The maximum Gasteiger partial charge on any atom is 0.123 e. The van der Waals surface area contributed by atoms with Crippen molar-refractivity contribution in [2.24, 2.45) is 0 Å². The molecule has 0 aliphatic rings. The second-order valence-corrected chi connectivity index (χ2v) is 21.0. The smallest absolute Gasteiger partial charge is 0.123 e. The van der Waals surface area contributed by atoms with E-state index in [4.69, 9.17) is 0 Å². The minimum Gasteiger partial charge on any atom is -0.507 e. The number of benzene rings is 4. The van der Waals surface area contributed by atoms with E-state index >= 15 is 0 Å². The first-order valence-corrected chi connectivity index (χ1v) is 20.4. The molecule has 4 rings (SSSR count). The number of phenols is 4. The third-order valence-corrected chi connectivity index (χ3v) is 11.8. The van der Waals surface area contributed by atoms with Crippen LogP contribution in [0.15, 0.2) is 48.5 Å². The molecule has 0 radical (unpaired) electrons. The Morgan fingerprint density at radius 3 is 1.02 bits per heavy atom. The van der Waals surface area contributed by atoms with Crippen molar-refractivity contribution in [1.29, 1.82) is 0 Å². The number of hydrogen-bond donors (Lipinski definition) is 4. The predicted octanol–water partition coefficient (Wildman–Crippen LogP) is 13.6. The molecule has 0 saturated carbocycles. The second kappa shape index (κ2) is 15.2. The highest BCUT2D eigenvalue weighted by Gasteiger charge is 2.37. The van der Waals surface area contributed by atoms with Gasteiger partial charge >= 0.3 is 0 Å². The molecule has 0 atom stereocenters. The lowest BCUT2D eigenvalue weighted by atomic mass is 9.66. The van der Waals surface area contributed by atoms with E-state index in [1.165, 1.54) is 0 Å². The molecular formula is C51H72O4. The summed E-state index contributed by atoms with van der Waals surface area (Å²) in [6.07, 6.45) is 3.28. The van der Waals surface area contributed by atoms with E-state index in [9.17, 15) is 20.4 Å². The average Bonchev–Trinajstić information content (AvgIpc) is 3.02. The number of aromatic hydroxyl groups is 4. The van der Waals surface area contributed by atoms with Gasteiger partial charge in [-0.1, -0.05) is 163 Å². The first kappa shape index (κ1) is 43.8. The van der Waals surface area contributed by atoms with Crippen LogP contribution >= 0.6 is 0 Å². The van der Waals surface area contributed by atoms with Gasteiger partial charge in [-0.25, -0.2) is 0 Å². The molecule has 300 valence electrons. The van der Waals surface area contributed by atoms with Gasteiger partial charge in [0.05, 0.1) is 0 Å². The zero-order valence-electron chi connectivity index (χ0n) is 37.3. The molecule has 0 spiro atoms. The zero-order chi connectivity index (χ0) is 41.8. The highest BCUT2D eigenvalue weighted by molar-refractivity contribution is 5.58. The maximum atomic E-state index is 11.8. The van der Waals surface area contributed by atoms with E-state index in [2.05, 4.69) is 140 Å². The molecule has 4 nitrogen and oxygen atoms in total. The Balaban J connectivity index is 1.95. The Labute approximate surface area is 334 Å². The molecule has 0 aromatic heterocycles. The van der Waals surface area contributed by atoms with Crippen molar-refractivity contribution in [3.8, 4) is 23.0 Å². The summed E-state index contributed by atoms with van der Waals surface area (Å²) in [7, 11) is 0. The van der Waals surface area contributed by atoms with Gasteiger partial charge in [0.1, 0.15) is 23.0 Å². The standard InChI is InChI=1S/C51H72O4/c1-30-22-32(3)43(52)37(24-30)36(38-25-31(2)23-33(4)44(38)53)20-18-19-21-51(17,34-26-39(47(5,6)7)45(54)40(27-34)48(8,9)10)35-28-41(49(11,12)13)46(55)42(29-35)50(14,15)16/h22-29,36,52-55H,18-21H2,1-17H3.